The van der Waals surface area contributed by atoms with Crippen LogP contribution in [0.5, 0.6) is 5.75 Å². The number of benzene rings is 2. The van der Waals surface area contributed by atoms with Gasteiger partial charge in [-0.2, -0.15) is 0 Å². The lowest BCUT2D eigenvalue weighted by Crippen LogP contribution is -2.24. The number of thiazole rings is 1. The van der Waals surface area contributed by atoms with Crippen molar-refractivity contribution >= 4 is 33.3 Å². The molecule has 5 nitrogen and oxygen atoms in total. The highest BCUT2D eigenvalue weighted by molar-refractivity contribution is 7.18. The van der Waals surface area contributed by atoms with Gasteiger partial charge >= 0.3 is 5.97 Å². The summed E-state index contributed by atoms with van der Waals surface area (Å²) in [6.07, 6.45) is -0.131. The largest absolute Gasteiger partial charge is 0.494 e. The zero-order chi connectivity index (χ0) is 19.2. The van der Waals surface area contributed by atoms with Gasteiger partial charge in [0.2, 0.25) is 5.78 Å². The SMILES string of the molecule is CCOc1ccc(C(=O)[C@@H](C)OC(=O)CCc2nc3ccccc3s2)cc1. The highest BCUT2D eigenvalue weighted by Gasteiger charge is 2.20. The molecule has 0 saturated heterocycles. The van der Waals surface area contributed by atoms with Crippen molar-refractivity contribution < 1.29 is 19.1 Å². The van der Waals surface area contributed by atoms with Crippen LogP contribution in [0, 0.1) is 0 Å². The van der Waals surface area contributed by atoms with Gasteiger partial charge in [-0.05, 0) is 50.2 Å². The maximum absolute atomic E-state index is 12.4. The van der Waals surface area contributed by atoms with Crippen LogP contribution in [-0.4, -0.2) is 29.4 Å². The van der Waals surface area contributed by atoms with Crippen molar-refractivity contribution in [2.45, 2.75) is 32.8 Å². The van der Waals surface area contributed by atoms with Gasteiger partial charge in [0.05, 0.1) is 28.3 Å². The molecular weight excluding hydrogens is 362 g/mol. The van der Waals surface area contributed by atoms with Crippen molar-refractivity contribution in [2.24, 2.45) is 0 Å². The number of rotatable bonds is 8. The standard InChI is InChI=1S/C21H21NO4S/c1-3-25-16-10-8-15(9-11-16)21(24)14(2)26-20(23)13-12-19-22-17-6-4-5-7-18(17)27-19/h4-11,14H,3,12-13H2,1-2H3/t14-/m1/s1. The number of carbonyl (C=O) groups excluding carboxylic acids is 2. The number of ether oxygens (including phenoxy) is 2. The number of fused-ring (bicyclic) bond motifs is 1. The molecule has 0 aliphatic carbocycles. The van der Waals surface area contributed by atoms with E-state index in [1.807, 2.05) is 31.2 Å². The van der Waals surface area contributed by atoms with E-state index < -0.39 is 12.1 Å². The summed E-state index contributed by atoms with van der Waals surface area (Å²) in [4.78, 5) is 29.0. The summed E-state index contributed by atoms with van der Waals surface area (Å²) < 4.78 is 11.8. The number of hydrogen-bond donors (Lipinski definition) is 0. The number of Topliss-reactive ketones (excluding diaryl/α,β-unsaturated/α-hetero) is 1. The first-order valence-corrected chi connectivity index (χ1v) is 9.69. The Morgan fingerprint density at radius 3 is 2.56 bits per heavy atom. The van der Waals surface area contributed by atoms with Crippen LogP contribution in [-0.2, 0) is 16.0 Å². The molecule has 3 rings (SSSR count). The maximum Gasteiger partial charge on any atom is 0.306 e. The van der Waals surface area contributed by atoms with Crippen LogP contribution in [0.1, 0.15) is 35.6 Å². The third-order valence-electron chi connectivity index (χ3n) is 4.01. The Hall–Kier alpha value is -2.73. The second kappa shape index (κ2) is 8.77. The zero-order valence-corrected chi connectivity index (χ0v) is 16.1. The first-order chi connectivity index (χ1) is 13.1. The van der Waals surface area contributed by atoms with Crippen LogP contribution < -0.4 is 4.74 Å². The van der Waals surface area contributed by atoms with Crippen LogP contribution in [0.2, 0.25) is 0 Å². The predicted octanol–water partition coefficient (Wildman–Crippen LogP) is 4.44. The number of aryl methyl sites for hydroxylation is 1. The highest BCUT2D eigenvalue weighted by Crippen LogP contribution is 2.22. The highest BCUT2D eigenvalue weighted by atomic mass is 32.1. The third kappa shape index (κ3) is 4.92. The first-order valence-electron chi connectivity index (χ1n) is 8.88. The lowest BCUT2D eigenvalue weighted by atomic mass is 10.1. The van der Waals surface area contributed by atoms with Gasteiger partial charge in [-0.1, -0.05) is 12.1 Å². The summed E-state index contributed by atoms with van der Waals surface area (Å²) in [5.41, 5.74) is 1.43. The molecule has 1 atom stereocenters. The molecule has 0 radical (unpaired) electrons. The van der Waals surface area contributed by atoms with Gasteiger partial charge in [0.1, 0.15) is 5.75 Å². The fourth-order valence-electron chi connectivity index (χ4n) is 2.66. The summed E-state index contributed by atoms with van der Waals surface area (Å²) in [6.45, 7) is 4.05. The molecule has 0 aliphatic heterocycles. The lowest BCUT2D eigenvalue weighted by molar-refractivity contribution is -0.146. The number of esters is 1. The lowest BCUT2D eigenvalue weighted by Gasteiger charge is -2.12. The molecule has 0 N–H and O–H groups in total. The predicted molar refractivity (Wildman–Crippen MR) is 105 cm³/mol. The van der Waals surface area contributed by atoms with Crippen molar-refractivity contribution in [3.05, 3.63) is 59.1 Å². The van der Waals surface area contributed by atoms with Gasteiger partial charge in [0, 0.05) is 12.0 Å². The Morgan fingerprint density at radius 1 is 1.11 bits per heavy atom. The molecule has 0 unspecified atom stereocenters. The number of hydrogen-bond acceptors (Lipinski definition) is 6. The van der Waals surface area contributed by atoms with E-state index in [1.54, 1.807) is 42.5 Å². The molecule has 27 heavy (non-hydrogen) atoms. The van der Waals surface area contributed by atoms with Gasteiger partial charge < -0.3 is 9.47 Å². The molecule has 0 spiro atoms. The second-order valence-electron chi connectivity index (χ2n) is 6.03. The van der Waals surface area contributed by atoms with Crippen molar-refractivity contribution in [1.29, 1.82) is 0 Å². The average molecular weight is 383 g/mol. The Kier molecular flexibility index (Phi) is 6.19. The van der Waals surface area contributed by atoms with Gasteiger partial charge in [-0.25, -0.2) is 4.98 Å². The van der Waals surface area contributed by atoms with Crippen molar-refractivity contribution in [3.8, 4) is 5.75 Å². The Bertz CT molecular complexity index is 900. The summed E-state index contributed by atoms with van der Waals surface area (Å²) >= 11 is 1.57. The van der Waals surface area contributed by atoms with Crippen LogP contribution >= 0.6 is 11.3 Å². The quantitative estimate of drug-likeness (QED) is 0.425. The molecule has 3 aromatic rings. The maximum atomic E-state index is 12.4. The van der Waals surface area contributed by atoms with E-state index in [-0.39, 0.29) is 12.2 Å². The molecule has 1 aromatic heterocycles. The minimum Gasteiger partial charge on any atom is -0.494 e. The molecule has 0 amide bonds. The monoisotopic (exact) mass is 383 g/mol. The summed E-state index contributed by atoms with van der Waals surface area (Å²) in [7, 11) is 0. The number of carbonyl (C=O) groups is 2. The van der Waals surface area contributed by atoms with Gasteiger partial charge in [0.15, 0.2) is 6.10 Å². The van der Waals surface area contributed by atoms with E-state index in [9.17, 15) is 9.59 Å². The second-order valence-corrected chi connectivity index (χ2v) is 7.14. The van der Waals surface area contributed by atoms with E-state index in [1.165, 1.54) is 0 Å². The summed E-state index contributed by atoms with van der Waals surface area (Å²) in [5.74, 6) is 0.0713. The minimum atomic E-state index is -0.828. The van der Waals surface area contributed by atoms with Crippen molar-refractivity contribution in [1.82, 2.24) is 4.98 Å². The number of ketones is 1. The summed E-state index contributed by atoms with van der Waals surface area (Å²) in [6, 6.07) is 14.7. The first kappa shape index (κ1) is 19.0. The molecule has 0 aliphatic rings. The molecule has 1 heterocycles. The van der Waals surface area contributed by atoms with E-state index in [4.69, 9.17) is 9.47 Å². The Labute approximate surface area is 161 Å². The normalized spacial score (nSPS) is 11.9. The number of para-hydroxylation sites is 1. The van der Waals surface area contributed by atoms with Crippen molar-refractivity contribution in [2.75, 3.05) is 6.61 Å². The molecule has 2 aromatic carbocycles. The molecular formula is C21H21NO4S. The molecule has 6 heteroatoms. The van der Waals surface area contributed by atoms with Crippen LogP contribution in [0.4, 0.5) is 0 Å². The molecule has 0 fully saturated rings. The molecule has 0 bridgehead atoms. The fourth-order valence-corrected chi connectivity index (χ4v) is 3.63. The fraction of sp³-hybridized carbons (Fsp3) is 0.286. The van der Waals surface area contributed by atoms with E-state index in [2.05, 4.69) is 4.98 Å². The van der Waals surface area contributed by atoms with Crippen molar-refractivity contribution in [3.63, 3.8) is 0 Å². The third-order valence-corrected chi connectivity index (χ3v) is 5.10. The molecule has 140 valence electrons. The smallest absolute Gasteiger partial charge is 0.306 e. The van der Waals surface area contributed by atoms with E-state index in [0.717, 1.165) is 15.2 Å². The van der Waals surface area contributed by atoms with E-state index >= 15 is 0 Å². The van der Waals surface area contributed by atoms with Gasteiger partial charge in [-0.15, -0.1) is 11.3 Å². The zero-order valence-electron chi connectivity index (χ0n) is 15.3. The van der Waals surface area contributed by atoms with E-state index in [0.29, 0.717) is 24.3 Å². The average Bonchev–Trinajstić information content (AvgIpc) is 3.09. The number of aromatic nitrogens is 1. The summed E-state index contributed by atoms with van der Waals surface area (Å²) in [5, 5.41) is 0.888. The Morgan fingerprint density at radius 2 is 1.85 bits per heavy atom. The topological polar surface area (TPSA) is 65.5 Å². The minimum absolute atomic E-state index is 0.195. The van der Waals surface area contributed by atoms with Crippen LogP contribution in [0.25, 0.3) is 10.2 Å². The Balaban J connectivity index is 1.52. The molecule has 0 saturated carbocycles. The van der Waals surface area contributed by atoms with Crippen LogP contribution in [0.3, 0.4) is 0 Å². The van der Waals surface area contributed by atoms with Gasteiger partial charge in [0.25, 0.3) is 0 Å². The van der Waals surface area contributed by atoms with Crippen LogP contribution in [0.15, 0.2) is 48.5 Å². The number of nitrogens with zero attached hydrogens (tertiary/aromatic N) is 1. The van der Waals surface area contributed by atoms with Gasteiger partial charge in [-0.3, -0.25) is 9.59 Å².